The Hall–Kier alpha value is -0.310. The summed E-state index contributed by atoms with van der Waals surface area (Å²) in [5.41, 5.74) is 1.22. The zero-order valence-electron chi connectivity index (χ0n) is 7.19. The van der Waals surface area contributed by atoms with E-state index in [-0.39, 0.29) is 6.67 Å². The summed E-state index contributed by atoms with van der Waals surface area (Å²) in [6.07, 6.45) is 6.12. The summed E-state index contributed by atoms with van der Waals surface area (Å²) in [4.78, 5) is 1.97. The van der Waals surface area contributed by atoms with E-state index in [2.05, 4.69) is 15.9 Å². The molecule has 0 heterocycles. The molecule has 0 fully saturated rings. The largest absolute Gasteiger partial charge is 0.375 e. The molecule has 1 aliphatic rings. The Balaban J connectivity index is 2.52. The molecule has 12 heavy (non-hydrogen) atoms. The van der Waals surface area contributed by atoms with Gasteiger partial charge < -0.3 is 4.90 Å². The van der Waals surface area contributed by atoms with Crippen LogP contribution in [0.5, 0.6) is 0 Å². The van der Waals surface area contributed by atoms with Crippen LogP contribution in [0.2, 0.25) is 0 Å². The fourth-order valence-electron chi connectivity index (χ4n) is 1.19. The van der Waals surface area contributed by atoms with Gasteiger partial charge in [-0.2, -0.15) is 0 Å². The molecule has 1 rings (SSSR count). The summed E-state index contributed by atoms with van der Waals surface area (Å²) in [7, 11) is 1.93. The van der Waals surface area contributed by atoms with Crippen molar-refractivity contribution in [2.24, 2.45) is 0 Å². The van der Waals surface area contributed by atoms with E-state index in [1.807, 2.05) is 24.1 Å². The van der Waals surface area contributed by atoms with Crippen LogP contribution in [0.4, 0.5) is 4.39 Å². The summed E-state index contributed by atoms with van der Waals surface area (Å²) in [5, 5.41) is 0. The number of rotatable bonds is 3. The molecule has 0 aromatic heterocycles. The second-order valence-corrected chi connectivity index (χ2v) is 3.90. The number of alkyl halides is 1. The molecule has 0 spiro atoms. The summed E-state index contributed by atoms with van der Waals surface area (Å²) < 4.78 is 13.2. The maximum absolute atomic E-state index is 12.0. The Morgan fingerprint density at radius 3 is 2.75 bits per heavy atom. The van der Waals surface area contributed by atoms with Crippen LogP contribution in [-0.4, -0.2) is 25.2 Å². The molecule has 0 aromatic carbocycles. The van der Waals surface area contributed by atoms with Gasteiger partial charge in [-0.1, -0.05) is 22.0 Å². The topological polar surface area (TPSA) is 3.24 Å². The molecule has 0 saturated heterocycles. The first-order valence-corrected chi connectivity index (χ1v) is 4.85. The van der Waals surface area contributed by atoms with Crippen molar-refractivity contribution in [3.8, 4) is 0 Å². The monoisotopic (exact) mass is 233 g/mol. The molecule has 0 aliphatic heterocycles. The minimum absolute atomic E-state index is 0.279. The first-order chi connectivity index (χ1) is 5.74. The molecule has 0 atom stereocenters. The van der Waals surface area contributed by atoms with Gasteiger partial charge in [0, 0.05) is 19.3 Å². The van der Waals surface area contributed by atoms with Crippen molar-refractivity contribution in [1.82, 2.24) is 4.90 Å². The molecule has 3 heteroatoms. The van der Waals surface area contributed by atoms with E-state index in [1.165, 1.54) is 10.2 Å². The molecule has 0 amide bonds. The molecular weight excluding hydrogens is 221 g/mol. The van der Waals surface area contributed by atoms with Crippen LogP contribution < -0.4 is 0 Å². The lowest BCUT2D eigenvalue weighted by molar-refractivity contribution is 0.341. The third-order valence-electron chi connectivity index (χ3n) is 1.99. The Morgan fingerprint density at radius 1 is 1.50 bits per heavy atom. The number of hydrogen-bond acceptors (Lipinski definition) is 1. The lowest BCUT2D eigenvalue weighted by Crippen LogP contribution is -2.21. The highest BCUT2D eigenvalue weighted by Gasteiger charge is 2.07. The molecular formula is C9H13BrFN. The van der Waals surface area contributed by atoms with E-state index in [1.54, 1.807) is 0 Å². The van der Waals surface area contributed by atoms with Gasteiger partial charge in [0.2, 0.25) is 0 Å². The normalized spacial score (nSPS) is 16.9. The summed E-state index contributed by atoms with van der Waals surface area (Å²) in [6, 6.07) is 0. The standard InChI is InChI=1S/C9H13BrFN/c1-12(7-6-11)9-4-2-8(10)3-5-9/h2,4H,3,5-7H2,1H3. The highest BCUT2D eigenvalue weighted by molar-refractivity contribution is 9.11. The van der Waals surface area contributed by atoms with Gasteiger partial charge in [0.05, 0.1) is 0 Å². The highest BCUT2D eigenvalue weighted by atomic mass is 79.9. The smallest absolute Gasteiger partial charge is 0.107 e. The van der Waals surface area contributed by atoms with Gasteiger partial charge in [0.25, 0.3) is 0 Å². The van der Waals surface area contributed by atoms with Crippen molar-refractivity contribution in [2.45, 2.75) is 12.8 Å². The highest BCUT2D eigenvalue weighted by Crippen LogP contribution is 2.23. The van der Waals surface area contributed by atoms with Crippen molar-refractivity contribution < 1.29 is 4.39 Å². The Kier molecular flexibility index (Phi) is 3.79. The predicted molar refractivity (Wildman–Crippen MR) is 52.9 cm³/mol. The average Bonchev–Trinajstić information content (AvgIpc) is 2.06. The fourth-order valence-corrected chi connectivity index (χ4v) is 1.52. The molecule has 0 radical (unpaired) electrons. The molecule has 68 valence electrons. The van der Waals surface area contributed by atoms with Crippen LogP contribution >= 0.6 is 15.9 Å². The minimum Gasteiger partial charge on any atom is -0.375 e. The average molecular weight is 234 g/mol. The third kappa shape index (κ3) is 2.63. The Morgan fingerprint density at radius 2 is 2.25 bits per heavy atom. The zero-order valence-corrected chi connectivity index (χ0v) is 8.77. The van der Waals surface area contributed by atoms with Crippen LogP contribution in [0.1, 0.15) is 12.8 Å². The maximum Gasteiger partial charge on any atom is 0.107 e. The van der Waals surface area contributed by atoms with Crippen molar-refractivity contribution in [2.75, 3.05) is 20.3 Å². The van der Waals surface area contributed by atoms with Gasteiger partial charge >= 0.3 is 0 Å². The molecule has 0 bridgehead atoms. The first kappa shape index (κ1) is 9.78. The first-order valence-electron chi connectivity index (χ1n) is 4.06. The van der Waals surface area contributed by atoms with Crippen molar-refractivity contribution in [3.63, 3.8) is 0 Å². The number of halogens is 2. The lowest BCUT2D eigenvalue weighted by Gasteiger charge is -2.22. The predicted octanol–water partition coefficient (Wildman–Crippen LogP) is 2.84. The van der Waals surface area contributed by atoms with Gasteiger partial charge in [-0.25, -0.2) is 4.39 Å². The van der Waals surface area contributed by atoms with Gasteiger partial charge in [0.1, 0.15) is 6.67 Å². The maximum atomic E-state index is 12.0. The fraction of sp³-hybridized carbons (Fsp3) is 0.556. The molecule has 0 N–H and O–H groups in total. The summed E-state index contributed by atoms with van der Waals surface area (Å²) >= 11 is 3.43. The van der Waals surface area contributed by atoms with Crippen LogP contribution in [0.25, 0.3) is 0 Å². The van der Waals surface area contributed by atoms with Crippen LogP contribution in [-0.2, 0) is 0 Å². The molecule has 1 nitrogen and oxygen atoms in total. The van der Waals surface area contributed by atoms with E-state index in [4.69, 9.17) is 0 Å². The van der Waals surface area contributed by atoms with E-state index in [0.29, 0.717) is 6.54 Å². The molecule has 0 unspecified atom stereocenters. The van der Waals surface area contributed by atoms with E-state index in [9.17, 15) is 4.39 Å². The van der Waals surface area contributed by atoms with Gasteiger partial charge in [-0.05, 0) is 23.4 Å². The molecule has 1 aliphatic carbocycles. The number of allylic oxidation sites excluding steroid dienone is 4. The number of hydrogen-bond donors (Lipinski definition) is 0. The zero-order chi connectivity index (χ0) is 8.97. The van der Waals surface area contributed by atoms with Gasteiger partial charge in [0.15, 0.2) is 0 Å². The van der Waals surface area contributed by atoms with Crippen molar-refractivity contribution in [3.05, 3.63) is 22.3 Å². The van der Waals surface area contributed by atoms with E-state index >= 15 is 0 Å². The van der Waals surface area contributed by atoms with Crippen LogP contribution in [0, 0.1) is 0 Å². The lowest BCUT2D eigenvalue weighted by atomic mass is 10.1. The minimum atomic E-state index is -0.279. The molecule has 0 aromatic rings. The van der Waals surface area contributed by atoms with Crippen molar-refractivity contribution >= 4 is 15.9 Å². The second-order valence-electron chi connectivity index (χ2n) is 2.88. The van der Waals surface area contributed by atoms with E-state index in [0.717, 1.165) is 12.8 Å². The summed E-state index contributed by atoms with van der Waals surface area (Å²) in [6.45, 7) is 0.218. The van der Waals surface area contributed by atoms with E-state index < -0.39 is 0 Å². The van der Waals surface area contributed by atoms with Gasteiger partial charge in [-0.3, -0.25) is 0 Å². The van der Waals surface area contributed by atoms with Gasteiger partial charge in [-0.15, -0.1) is 0 Å². The molecule has 0 saturated carbocycles. The quantitative estimate of drug-likeness (QED) is 0.725. The third-order valence-corrected chi connectivity index (χ3v) is 2.65. The van der Waals surface area contributed by atoms with Crippen LogP contribution in [0.3, 0.4) is 0 Å². The van der Waals surface area contributed by atoms with Crippen LogP contribution in [0.15, 0.2) is 22.3 Å². The Labute approximate surface area is 81.1 Å². The number of nitrogens with zero attached hydrogens (tertiary/aromatic N) is 1. The second kappa shape index (κ2) is 4.65. The Bertz CT molecular complexity index is 211. The summed E-state index contributed by atoms with van der Waals surface area (Å²) in [5.74, 6) is 0. The van der Waals surface area contributed by atoms with Crippen molar-refractivity contribution in [1.29, 1.82) is 0 Å². The SMILES string of the molecule is CN(CCF)C1=CC=C(Br)CC1.